The lowest BCUT2D eigenvalue weighted by Crippen LogP contribution is -2.26. The smallest absolute Gasteiger partial charge is 0.339 e. The molecule has 1 heterocycles. The quantitative estimate of drug-likeness (QED) is 0.582. The van der Waals surface area contributed by atoms with Gasteiger partial charge in [0.25, 0.3) is 0 Å². The average Bonchev–Trinajstić information content (AvgIpc) is 3.00. The van der Waals surface area contributed by atoms with E-state index in [9.17, 15) is 18.0 Å². The van der Waals surface area contributed by atoms with E-state index in [2.05, 4.69) is 12.7 Å². The molecule has 1 aliphatic heterocycles. The molecular weight excluding hydrogens is 315 g/mol. The summed E-state index contributed by atoms with van der Waals surface area (Å²) in [6.07, 6.45) is 1.97. The van der Waals surface area contributed by atoms with Crippen LogP contribution < -0.4 is 0 Å². The molecular formula is C19H22F3NO. The predicted molar refractivity (Wildman–Crippen MR) is 88.5 cm³/mol. The fourth-order valence-electron chi connectivity index (χ4n) is 2.84. The van der Waals surface area contributed by atoms with Crippen molar-refractivity contribution in [2.45, 2.75) is 31.9 Å². The number of carbonyl (C=O) groups excluding carboxylic acids is 1. The van der Waals surface area contributed by atoms with Crippen molar-refractivity contribution in [3.63, 3.8) is 0 Å². The van der Waals surface area contributed by atoms with E-state index in [4.69, 9.17) is 0 Å². The highest BCUT2D eigenvalue weighted by Crippen LogP contribution is 2.32. The van der Waals surface area contributed by atoms with E-state index < -0.39 is 11.7 Å². The maximum absolute atomic E-state index is 12.6. The van der Waals surface area contributed by atoms with Crippen molar-refractivity contribution in [1.82, 2.24) is 4.90 Å². The zero-order valence-electron chi connectivity index (χ0n) is 13.9. The Labute approximate surface area is 140 Å². The molecule has 1 aliphatic rings. The van der Waals surface area contributed by atoms with Crippen LogP contribution in [0.15, 0.2) is 49.1 Å². The summed E-state index contributed by atoms with van der Waals surface area (Å²) in [5.41, 5.74) is -0.191. The highest BCUT2D eigenvalue weighted by atomic mass is 19.4. The van der Waals surface area contributed by atoms with Crippen LogP contribution in [0.1, 0.15) is 31.4 Å². The molecule has 1 aromatic rings. The summed E-state index contributed by atoms with van der Waals surface area (Å²) >= 11 is 0. The number of benzene rings is 1. The van der Waals surface area contributed by atoms with E-state index >= 15 is 0 Å². The third-order valence-corrected chi connectivity index (χ3v) is 4.45. The molecule has 1 amide bonds. The molecule has 0 aromatic heterocycles. The number of amides is 1. The fourth-order valence-corrected chi connectivity index (χ4v) is 2.84. The van der Waals surface area contributed by atoms with Gasteiger partial charge in [-0.15, -0.1) is 0 Å². The van der Waals surface area contributed by atoms with E-state index in [0.29, 0.717) is 13.1 Å². The van der Waals surface area contributed by atoms with Gasteiger partial charge < -0.3 is 4.90 Å². The minimum atomic E-state index is -4.32. The van der Waals surface area contributed by atoms with E-state index in [-0.39, 0.29) is 17.2 Å². The van der Waals surface area contributed by atoms with Crippen LogP contribution in [0.5, 0.6) is 0 Å². The van der Waals surface area contributed by atoms with Gasteiger partial charge in [0.2, 0.25) is 5.91 Å². The van der Waals surface area contributed by atoms with Gasteiger partial charge in [0, 0.05) is 18.5 Å². The third-order valence-electron chi connectivity index (χ3n) is 4.45. The Morgan fingerprint density at radius 2 is 1.79 bits per heavy atom. The number of hydrogen-bond acceptors (Lipinski definition) is 1. The van der Waals surface area contributed by atoms with Gasteiger partial charge in [-0.2, -0.15) is 13.2 Å². The van der Waals surface area contributed by atoms with Crippen LogP contribution in [-0.2, 0) is 16.4 Å². The molecule has 0 N–H and O–H groups in total. The largest absolute Gasteiger partial charge is 0.416 e. The summed E-state index contributed by atoms with van der Waals surface area (Å²) in [6, 6.07) is 5.28. The molecule has 0 aliphatic carbocycles. The van der Waals surface area contributed by atoms with Crippen molar-refractivity contribution in [2.24, 2.45) is 5.92 Å². The second-order valence-electron chi connectivity index (χ2n) is 6.69. The van der Waals surface area contributed by atoms with Crippen molar-refractivity contribution in [2.75, 3.05) is 13.1 Å². The zero-order chi connectivity index (χ0) is 18.0. The Hall–Kier alpha value is -2.04. The summed E-state index contributed by atoms with van der Waals surface area (Å²) in [5, 5.41) is 0. The van der Waals surface area contributed by atoms with E-state index in [1.54, 1.807) is 4.90 Å². The lowest BCUT2D eigenvalue weighted by Gasteiger charge is -2.22. The van der Waals surface area contributed by atoms with Gasteiger partial charge >= 0.3 is 6.18 Å². The first-order valence-corrected chi connectivity index (χ1v) is 7.92. The molecule has 24 heavy (non-hydrogen) atoms. The topological polar surface area (TPSA) is 20.3 Å². The highest BCUT2D eigenvalue weighted by molar-refractivity contribution is 5.87. The SMILES string of the molecule is C=CC(=O)N1CCC(/C=C\C(C)(C)c2ccc(C(F)(F)F)cc2)C1. The number of nitrogens with zero attached hydrogens (tertiary/aromatic N) is 1. The van der Waals surface area contributed by atoms with Crippen molar-refractivity contribution in [1.29, 1.82) is 0 Å². The molecule has 1 fully saturated rings. The van der Waals surface area contributed by atoms with Crippen LogP contribution >= 0.6 is 0 Å². The Balaban J connectivity index is 2.05. The second kappa shape index (κ2) is 6.83. The Morgan fingerprint density at radius 1 is 1.21 bits per heavy atom. The maximum atomic E-state index is 12.6. The molecule has 5 heteroatoms. The lowest BCUT2D eigenvalue weighted by molar-refractivity contribution is -0.137. The number of rotatable bonds is 4. The molecule has 0 bridgehead atoms. The Bertz CT molecular complexity index is 629. The normalized spacial score (nSPS) is 19.0. The van der Waals surface area contributed by atoms with Gasteiger partial charge in [-0.25, -0.2) is 0 Å². The minimum Gasteiger partial charge on any atom is -0.339 e. The van der Waals surface area contributed by atoms with Gasteiger partial charge in [0.15, 0.2) is 0 Å². The first kappa shape index (κ1) is 18.3. The Morgan fingerprint density at radius 3 is 2.33 bits per heavy atom. The van der Waals surface area contributed by atoms with Gasteiger partial charge in [0.1, 0.15) is 0 Å². The minimum absolute atomic E-state index is 0.0621. The van der Waals surface area contributed by atoms with Crippen LogP contribution in [0.25, 0.3) is 0 Å². The molecule has 2 rings (SSSR count). The van der Waals surface area contributed by atoms with Crippen molar-refractivity contribution < 1.29 is 18.0 Å². The monoisotopic (exact) mass is 337 g/mol. The van der Waals surface area contributed by atoms with Crippen LogP contribution in [0.4, 0.5) is 13.2 Å². The van der Waals surface area contributed by atoms with Crippen molar-refractivity contribution in [3.8, 4) is 0 Å². The summed E-state index contributed by atoms with van der Waals surface area (Å²) in [6.45, 7) is 8.79. The van der Waals surface area contributed by atoms with Gasteiger partial charge in [-0.3, -0.25) is 4.79 Å². The van der Waals surface area contributed by atoms with Crippen LogP contribution in [0.2, 0.25) is 0 Å². The summed E-state index contributed by atoms with van der Waals surface area (Å²) in [4.78, 5) is 13.3. The van der Waals surface area contributed by atoms with Gasteiger partial charge in [-0.05, 0) is 36.1 Å². The lowest BCUT2D eigenvalue weighted by atomic mass is 9.83. The number of halogens is 3. The molecule has 1 atom stereocenters. The number of hydrogen-bond donors (Lipinski definition) is 0. The maximum Gasteiger partial charge on any atom is 0.416 e. The molecule has 0 saturated carbocycles. The molecule has 1 unspecified atom stereocenters. The van der Waals surface area contributed by atoms with Gasteiger partial charge in [-0.1, -0.05) is 44.7 Å². The Kier molecular flexibility index (Phi) is 5.21. The average molecular weight is 337 g/mol. The van der Waals surface area contributed by atoms with Crippen molar-refractivity contribution in [3.05, 3.63) is 60.2 Å². The number of likely N-dealkylation sites (tertiary alicyclic amines) is 1. The predicted octanol–water partition coefficient (Wildman–Crippen LogP) is 4.57. The van der Waals surface area contributed by atoms with E-state index in [1.807, 2.05) is 19.9 Å². The van der Waals surface area contributed by atoms with E-state index in [1.165, 1.54) is 18.2 Å². The molecule has 0 radical (unpaired) electrons. The zero-order valence-corrected chi connectivity index (χ0v) is 13.9. The summed E-state index contributed by atoms with van der Waals surface area (Å²) in [5.74, 6) is 0.204. The molecule has 2 nitrogen and oxygen atoms in total. The first-order valence-electron chi connectivity index (χ1n) is 7.92. The second-order valence-corrected chi connectivity index (χ2v) is 6.69. The van der Waals surface area contributed by atoms with Crippen LogP contribution in [0, 0.1) is 5.92 Å². The fraction of sp³-hybridized carbons (Fsp3) is 0.421. The molecule has 1 saturated heterocycles. The number of carbonyl (C=O) groups is 1. The highest BCUT2D eigenvalue weighted by Gasteiger charge is 2.31. The first-order chi connectivity index (χ1) is 11.1. The third kappa shape index (κ3) is 4.28. The van der Waals surface area contributed by atoms with Crippen molar-refractivity contribution >= 4 is 5.91 Å². The standard InChI is InChI=1S/C19H22F3NO/c1-4-17(24)23-12-10-14(13-23)9-11-18(2,3)15-5-7-16(8-6-15)19(20,21)22/h4-9,11,14H,1,10,12-13H2,2-3H3/b11-9-. The summed E-state index contributed by atoms with van der Waals surface area (Å²) < 4.78 is 37.9. The summed E-state index contributed by atoms with van der Waals surface area (Å²) in [7, 11) is 0. The van der Waals surface area contributed by atoms with Gasteiger partial charge in [0.05, 0.1) is 5.56 Å². The molecule has 130 valence electrons. The van der Waals surface area contributed by atoms with Crippen LogP contribution in [-0.4, -0.2) is 23.9 Å². The molecule has 0 spiro atoms. The molecule has 1 aromatic carbocycles. The number of alkyl halides is 3. The van der Waals surface area contributed by atoms with E-state index in [0.717, 1.165) is 24.1 Å². The van der Waals surface area contributed by atoms with Crippen LogP contribution in [0.3, 0.4) is 0 Å². The number of allylic oxidation sites excluding steroid dienone is 1.